The van der Waals surface area contributed by atoms with Crippen molar-refractivity contribution in [3.63, 3.8) is 0 Å². The zero-order chi connectivity index (χ0) is 25.5. The summed E-state index contributed by atoms with van der Waals surface area (Å²) in [6, 6.07) is 9.51. The van der Waals surface area contributed by atoms with Gasteiger partial charge in [0.05, 0.1) is 28.9 Å². The molecule has 3 heterocycles. The summed E-state index contributed by atoms with van der Waals surface area (Å²) >= 11 is 5.71. The highest BCUT2D eigenvalue weighted by molar-refractivity contribution is 6.32. The van der Waals surface area contributed by atoms with E-state index in [1.807, 2.05) is 30.3 Å². The molecule has 0 atom stereocenters. The van der Waals surface area contributed by atoms with Crippen LogP contribution >= 0.6 is 11.6 Å². The van der Waals surface area contributed by atoms with Gasteiger partial charge in [-0.25, -0.2) is 24.7 Å². The van der Waals surface area contributed by atoms with Crippen molar-refractivity contribution in [3.05, 3.63) is 86.6 Å². The fraction of sp³-hybridized carbons (Fsp3) is 0.250. The topological polar surface area (TPSA) is 129 Å². The first-order valence-corrected chi connectivity index (χ1v) is 11.0. The van der Waals surface area contributed by atoms with E-state index < -0.39 is 11.5 Å². The fourth-order valence-corrected chi connectivity index (χ4v) is 3.40. The van der Waals surface area contributed by atoms with Crippen LogP contribution in [0.5, 0.6) is 5.75 Å². The van der Waals surface area contributed by atoms with Crippen molar-refractivity contribution in [1.82, 2.24) is 24.7 Å². The van der Waals surface area contributed by atoms with Crippen molar-refractivity contribution < 1.29 is 19.5 Å². The Hall–Kier alpha value is -4.05. The summed E-state index contributed by atoms with van der Waals surface area (Å²) in [6.45, 7) is 7.23. The molecule has 0 radical (unpaired) electrons. The number of hydrogen-bond donors (Lipinski definition) is 1. The number of aromatic hydroxyl groups is 1. The first kappa shape index (κ1) is 25.6. The normalized spacial score (nSPS) is 10.4. The number of carbonyl (C=O) groups excluding carboxylic acids is 1. The maximum atomic E-state index is 12.4. The van der Waals surface area contributed by atoms with Crippen molar-refractivity contribution in [2.75, 3.05) is 6.61 Å². The van der Waals surface area contributed by atoms with E-state index >= 15 is 0 Å². The van der Waals surface area contributed by atoms with Crippen LogP contribution in [0.15, 0.2) is 47.8 Å². The fourth-order valence-electron chi connectivity index (χ4n) is 3.14. The van der Waals surface area contributed by atoms with Gasteiger partial charge < -0.3 is 14.7 Å². The Labute approximate surface area is 206 Å². The van der Waals surface area contributed by atoms with Gasteiger partial charge in [0.2, 0.25) is 0 Å². The molecule has 0 amide bonds. The molecule has 1 N–H and O–H groups in total. The van der Waals surface area contributed by atoms with Gasteiger partial charge in [0.25, 0.3) is 5.56 Å². The molecular weight excluding hydrogens is 474 g/mol. The number of nitrogens with zero attached hydrogens (tertiary/aromatic N) is 5. The molecule has 0 unspecified atom stereocenters. The van der Waals surface area contributed by atoms with Crippen LogP contribution in [0.1, 0.15) is 39.8 Å². The molecule has 3 aromatic heterocycles. The molecule has 0 spiro atoms. The van der Waals surface area contributed by atoms with Gasteiger partial charge in [-0.15, -0.1) is 4.73 Å². The number of esters is 1. The molecule has 35 heavy (non-hydrogen) atoms. The highest BCUT2D eigenvalue weighted by Crippen LogP contribution is 2.26. The Morgan fingerprint density at radius 2 is 1.69 bits per heavy atom. The second-order valence-electron chi connectivity index (χ2n) is 7.34. The number of aromatic nitrogens is 5. The molecule has 0 saturated heterocycles. The maximum Gasteiger partial charge on any atom is 0.343 e. The summed E-state index contributed by atoms with van der Waals surface area (Å²) in [5.41, 5.74) is 2.32. The quantitative estimate of drug-likeness (QED) is 0.326. The molecule has 10 nitrogen and oxygen atoms in total. The van der Waals surface area contributed by atoms with Crippen LogP contribution in [0.25, 0.3) is 11.0 Å². The molecule has 4 aromatic rings. The highest BCUT2D eigenvalue weighted by Gasteiger charge is 2.18. The van der Waals surface area contributed by atoms with Gasteiger partial charge in [0.1, 0.15) is 35.7 Å². The van der Waals surface area contributed by atoms with Crippen LogP contribution in [0.4, 0.5) is 0 Å². The summed E-state index contributed by atoms with van der Waals surface area (Å²) in [5, 5.41) is 10.7. The van der Waals surface area contributed by atoms with Gasteiger partial charge in [-0.2, -0.15) is 0 Å². The number of halogens is 1. The average Bonchev–Trinajstić information content (AvgIpc) is 2.84. The van der Waals surface area contributed by atoms with E-state index in [0.29, 0.717) is 23.4 Å². The van der Waals surface area contributed by atoms with E-state index in [9.17, 15) is 14.7 Å². The van der Waals surface area contributed by atoms with Crippen LogP contribution in [-0.4, -0.2) is 42.3 Å². The molecule has 0 aliphatic carbocycles. The molecule has 182 valence electrons. The predicted octanol–water partition coefficient (Wildman–Crippen LogP) is 3.36. The summed E-state index contributed by atoms with van der Waals surface area (Å²) in [6.07, 6.45) is 2.65. The van der Waals surface area contributed by atoms with Crippen molar-refractivity contribution in [3.8, 4) is 5.75 Å². The third-order valence-electron chi connectivity index (χ3n) is 4.98. The minimum absolute atomic E-state index is 0.0994. The van der Waals surface area contributed by atoms with Gasteiger partial charge in [-0.3, -0.25) is 4.79 Å². The predicted molar refractivity (Wildman–Crippen MR) is 129 cm³/mol. The van der Waals surface area contributed by atoms with Gasteiger partial charge in [0, 0.05) is 0 Å². The Morgan fingerprint density at radius 3 is 2.34 bits per heavy atom. The number of benzene rings is 1. The Balaban J connectivity index is 0.000000225. The molecule has 0 saturated carbocycles. The van der Waals surface area contributed by atoms with E-state index in [0.717, 1.165) is 10.3 Å². The average molecular weight is 498 g/mol. The lowest BCUT2D eigenvalue weighted by Crippen LogP contribution is -2.29. The Bertz CT molecular complexity index is 1390. The Kier molecular flexibility index (Phi) is 8.32. The third kappa shape index (κ3) is 5.72. The van der Waals surface area contributed by atoms with Crippen LogP contribution in [-0.2, 0) is 11.3 Å². The molecular formula is C24H24ClN5O5. The Morgan fingerprint density at radius 1 is 1.03 bits per heavy atom. The van der Waals surface area contributed by atoms with E-state index in [1.54, 1.807) is 27.7 Å². The molecule has 1 aromatic carbocycles. The molecule has 11 heteroatoms. The van der Waals surface area contributed by atoms with Crippen LogP contribution < -0.4 is 10.4 Å². The maximum absolute atomic E-state index is 12.4. The standard InChI is InChI=1S/C16H15N3O3.C8H9ClN2O2/c1-10-14(20)13-11(2)17-9-18-15(13)19(16(10)21)22-8-12-6-4-3-5-7-12;1-3-13-8(12)6-5(2)10-4-11-7(6)9/h3-7,9,20H,8H2,1-2H3;4H,3H2,1-2H3. The number of aryl methyl sites for hydroxylation is 2. The number of fused-ring (bicyclic) bond motifs is 1. The number of hydrogen-bond acceptors (Lipinski definition) is 9. The zero-order valence-electron chi connectivity index (χ0n) is 19.6. The van der Waals surface area contributed by atoms with Crippen molar-refractivity contribution >= 4 is 28.6 Å². The van der Waals surface area contributed by atoms with Crippen molar-refractivity contribution in [2.24, 2.45) is 0 Å². The lowest BCUT2D eigenvalue weighted by Gasteiger charge is -2.14. The lowest BCUT2D eigenvalue weighted by atomic mass is 10.2. The first-order valence-electron chi connectivity index (χ1n) is 10.6. The third-order valence-corrected chi connectivity index (χ3v) is 5.27. The monoisotopic (exact) mass is 497 g/mol. The largest absolute Gasteiger partial charge is 0.507 e. The van der Waals surface area contributed by atoms with E-state index in [1.165, 1.54) is 12.7 Å². The zero-order valence-corrected chi connectivity index (χ0v) is 20.4. The molecule has 0 fully saturated rings. The summed E-state index contributed by atoms with van der Waals surface area (Å²) in [4.78, 5) is 45.0. The molecule has 4 rings (SSSR count). The number of pyridine rings is 1. The summed E-state index contributed by atoms with van der Waals surface area (Å²) in [5.74, 6) is -0.580. The first-order chi connectivity index (χ1) is 16.8. The van der Waals surface area contributed by atoms with Crippen LogP contribution in [0.3, 0.4) is 0 Å². The lowest BCUT2D eigenvalue weighted by molar-refractivity contribution is 0.0524. The van der Waals surface area contributed by atoms with Crippen molar-refractivity contribution in [1.29, 1.82) is 0 Å². The minimum Gasteiger partial charge on any atom is -0.507 e. The minimum atomic E-state index is -0.481. The molecule has 0 aliphatic heterocycles. The molecule has 0 bridgehead atoms. The highest BCUT2D eigenvalue weighted by atomic mass is 35.5. The second-order valence-corrected chi connectivity index (χ2v) is 7.69. The number of carbonyl (C=O) groups is 1. The smallest absolute Gasteiger partial charge is 0.343 e. The SMILES string of the molecule is CCOC(=O)c1c(C)ncnc1Cl.Cc1c(O)c2c(C)ncnc2n(OCc2ccccc2)c1=O. The van der Waals surface area contributed by atoms with Gasteiger partial charge in [-0.05, 0) is 33.3 Å². The van der Waals surface area contributed by atoms with Gasteiger partial charge in [-0.1, -0.05) is 41.9 Å². The summed E-state index contributed by atoms with van der Waals surface area (Å²) in [7, 11) is 0. The van der Waals surface area contributed by atoms with Gasteiger partial charge in [0.15, 0.2) is 5.65 Å². The van der Waals surface area contributed by atoms with E-state index in [-0.39, 0.29) is 34.3 Å². The van der Waals surface area contributed by atoms with E-state index in [2.05, 4.69) is 19.9 Å². The number of rotatable bonds is 5. The number of ether oxygens (including phenoxy) is 1. The summed E-state index contributed by atoms with van der Waals surface area (Å²) < 4.78 is 5.90. The van der Waals surface area contributed by atoms with Crippen molar-refractivity contribution in [2.45, 2.75) is 34.3 Å². The van der Waals surface area contributed by atoms with Crippen LogP contribution in [0, 0.1) is 20.8 Å². The second kappa shape index (κ2) is 11.4. The van der Waals surface area contributed by atoms with Crippen LogP contribution in [0.2, 0.25) is 5.15 Å². The van der Waals surface area contributed by atoms with E-state index in [4.69, 9.17) is 21.2 Å². The van der Waals surface area contributed by atoms with Gasteiger partial charge >= 0.3 is 5.97 Å². The molecule has 0 aliphatic rings.